The van der Waals surface area contributed by atoms with Gasteiger partial charge in [0.15, 0.2) is 10.8 Å². The van der Waals surface area contributed by atoms with E-state index in [9.17, 15) is 4.79 Å². The lowest BCUT2D eigenvalue weighted by Crippen LogP contribution is -2.19. The lowest BCUT2D eigenvalue weighted by molar-refractivity contribution is 0.250. The summed E-state index contributed by atoms with van der Waals surface area (Å²) in [6.07, 6.45) is 7.11. The molecule has 0 saturated heterocycles. The number of carbonyl (C=O) groups is 1. The minimum atomic E-state index is -0.581. The number of carbonyl (C=O) groups excluding carboxylic acids is 1. The molecule has 7 nitrogen and oxygen atoms in total. The molecule has 0 aliphatic heterocycles. The van der Waals surface area contributed by atoms with Gasteiger partial charge in [-0.05, 0) is 25.8 Å². The van der Waals surface area contributed by atoms with E-state index in [1.165, 1.54) is 28.3 Å². The highest BCUT2D eigenvalue weighted by Crippen LogP contribution is 2.46. The van der Waals surface area contributed by atoms with Crippen molar-refractivity contribution in [2.45, 2.75) is 32.1 Å². The van der Waals surface area contributed by atoms with E-state index in [0.29, 0.717) is 10.8 Å². The van der Waals surface area contributed by atoms with Crippen LogP contribution in [0.15, 0.2) is 24.7 Å². The standard InChI is InChI=1S/C16H16N6OS/c1-9-11(10-3-6-19-14(21-10)16(2)4-5-16)24-13(20-9)12-18-7-8-22(12)15(17)23/h3,6-8H,4-5H2,1-2H3,(H2,17,23). The third-order valence-corrected chi connectivity index (χ3v) is 5.47. The molecule has 1 saturated carbocycles. The molecule has 24 heavy (non-hydrogen) atoms. The molecule has 4 rings (SSSR count). The first kappa shape index (κ1) is 14.9. The fourth-order valence-electron chi connectivity index (χ4n) is 2.56. The van der Waals surface area contributed by atoms with Crippen molar-refractivity contribution in [1.82, 2.24) is 24.5 Å². The fraction of sp³-hybridized carbons (Fsp3) is 0.312. The van der Waals surface area contributed by atoms with Crippen LogP contribution in [-0.2, 0) is 5.41 Å². The third kappa shape index (κ3) is 2.39. The Bertz CT molecular complexity index is 940. The largest absolute Gasteiger partial charge is 0.351 e. The van der Waals surface area contributed by atoms with Gasteiger partial charge in [-0.25, -0.2) is 29.3 Å². The van der Waals surface area contributed by atoms with Crippen molar-refractivity contribution in [3.63, 3.8) is 0 Å². The number of amides is 1. The van der Waals surface area contributed by atoms with Crippen molar-refractivity contribution in [2.75, 3.05) is 0 Å². The van der Waals surface area contributed by atoms with Crippen LogP contribution >= 0.6 is 11.3 Å². The maximum atomic E-state index is 11.5. The van der Waals surface area contributed by atoms with Gasteiger partial charge in [-0.2, -0.15) is 0 Å². The topological polar surface area (TPSA) is 99.6 Å². The van der Waals surface area contributed by atoms with E-state index >= 15 is 0 Å². The van der Waals surface area contributed by atoms with Crippen molar-refractivity contribution >= 4 is 17.4 Å². The van der Waals surface area contributed by atoms with Crippen LogP contribution in [0.4, 0.5) is 4.79 Å². The zero-order valence-electron chi connectivity index (χ0n) is 13.4. The monoisotopic (exact) mass is 340 g/mol. The maximum absolute atomic E-state index is 11.5. The number of nitrogens with two attached hydrogens (primary N) is 1. The fourth-order valence-corrected chi connectivity index (χ4v) is 3.59. The highest BCUT2D eigenvalue weighted by Gasteiger charge is 2.42. The smallest absolute Gasteiger partial charge is 0.324 e. The summed E-state index contributed by atoms with van der Waals surface area (Å²) in [6.45, 7) is 4.11. The molecule has 3 heterocycles. The molecular weight excluding hydrogens is 324 g/mol. The van der Waals surface area contributed by atoms with Gasteiger partial charge in [-0.15, -0.1) is 11.3 Å². The Morgan fingerprint density at radius 2 is 2.08 bits per heavy atom. The van der Waals surface area contributed by atoms with Crippen LogP contribution in [0.2, 0.25) is 0 Å². The minimum absolute atomic E-state index is 0.111. The quantitative estimate of drug-likeness (QED) is 0.790. The van der Waals surface area contributed by atoms with Crippen LogP contribution in [0.5, 0.6) is 0 Å². The first-order valence-electron chi connectivity index (χ1n) is 7.63. The summed E-state index contributed by atoms with van der Waals surface area (Å²) in [5.41, 5.74) is 7.18. The van der Waals surface area contributed by atoms with Gasteiger partial charge in [0.25, 0.3) is 0 Å². The Morgan fingerprint density at radius 3 is 2.79 bits per heavy atom. The number of aromatic nitrogens is 5. The van der Waals surface area contributed by atoms with Crippen LogP contribution in [0, 0.1) is 6.92 Å². The molecule has 0 atom stereocenters. The Morgan fingerprint density at radius 1 is 1.29 bits per heavy atom. The number of thiazole rings is 1. The Hall–Kier alpha value is -2.61. The zero-order chi connectivity index (χ0) is 16.9. The van der Waals surface area contributed by atoms with Crippen molar-refractivity contribution in [3.05, 3.63) is 36.2 Å². The van der Waals surface area contributed by atoms with Crippen molar-refractivity contribution in [3.8, 4) is 21.4 Å². The Labute approximate surface area is 142 Å². The molecule has 3 aromatic rings. The van der Waals surface area contributed by atoms with E-state index in [1.807, 2.05) is 13.0 Å². The zero-order valence-corrected chi connectivity index (χ0v) is 14.2. The predicted molar refractivity (Wildman–Crippen MR) is 90.7 cm³/mol. The summed E-state index contributed by atoms with van der Waals surface area (Å²) < 4.78 is 1.29. The molecule has 122 valence electrons. The van der Waals surface area contributed by atoms with Gasteiger partial charge >= 0.3 is 6.03 Å². The van der Waals surface area contributed by atoms with E-state index in [1.54, 1.807) is 6.20 Å². The predicted octanol–water partition coefficient (Wildman–Crippen LogP) is 2.75. The van der Waals surface area contributed by atoms with E-state index < -0.39 is 6.03 Å². The molecule has 8 heteroatoms. The Kier molecular flexibility index (Phi) is 3.24. The summed E-state index contributed by atoms with van der Waals surface area (Å²) in [5, 5.41) is 0.643. The maximum Gasteiger partial charge on any atom is 0.324 e. The van der Waals surface area contributed by atoms with Crippen molar-refractivity contribution < 1.29 is 4.79 Å². The highest BCUT2D eigenvalue weighted by molar-refractivity contribution is 7.18. The van der Waals surface area contributed by atoms with E-state index in [-0.39, 0.29) is 5.41 Å². The van der Waals surface area contributed by atoms with Crippen LogP contribution in [-0.4, -0.2) is 30.5 Å². The molecule has 0 aromatic carbocycles. The molecule has 0 unspecified atom stereocenters. The number of aryl methyl sites for hydroxylation is 1. The van der Waals surface area contributed by atoms with Gasteiger partial charge in [0.05, 0.1) is 16.3 Å². The Balaban J connectivity index is 1.77. The van der Waals surface area contributed by atoms with E-state index in [4.69, 9.17) is 10.7 Å². The first-order valence-corrected chi connectivity index (χ1v) is 8.44. The van der Waals surface area contributed by atoms with Gasteiger partial charge in [0.1, 0.15) is 5.82 Å². The molecule has 0 radical (unpaired) electrons. The molecule has 1 aliphatic rings. The molecule has 1 aliphatic carbocycles. The SMILES string of the molecule is Cc1nc(-c2nccn2C(N)=O)sc1-c1ccnc(C2(C)CC2)n1. The second kappa shape index (κ2) is 5.20. The number of primary amides is 1. The summed E-state index contributed by atoms with van der Waals surface area (Å²) in [7, 11) is 0. The number of rotatable bonds is 3. The molecule has 3 aromatic heterocycles. The minimum Gasteiger partial charge on any atom is -0.351 e. The molecule has 1 fully saturated rings. The van der Waals surface area contributed by atoms with Gasteiger partial charge in [0, 0.05) is 24.0 Å². The lowest BCUT2D eigenvalue weighted by atomic mass is 10.1. The molecular formula is C16H16N6OS. The summed E-state index contributed by atoms with van der Waals surface area (Å²) >= 11 is 1.45. The summed E-state index contributed by atoms with van der Waals surface area (Å²) in [6, 6.07) is 1.31. The number of imidazole rings is 1. The third-order valence-electron chi connectivity index (χ3n) is 4.29. The van der Waals surface area contributed by atoms with Gasteiger partial charge < -0.3 is 5.73 Å². The van der Waals surface area contributed by atoms with Crippen LogP contribution in [0.3, 0.4) is 0 Å². The van der Waals surface area contributed by atoms with Crippen LogP contribution < -0.4 is 5.73 Å². The van der Waals surface area contributed by atoms with Crippen molar-refractivity contribution in [2.24, 2.45) is 5.73 Å². The molecule has 0 bridgehead atoms. The molecule has 1 amide bonds. The average Bonchev–Trinajstić information content (AvgIpc) is 3.00. The van der Waals surface area contributed by atoms with Crippen LogP contribution in [0.25, 0.3) is 21.4 Å². The van der Waals surface area contributed by atoms with E-state index in [0.717, 1.165) is 34.9 Å². The van der Waals surface area contributed by atoms with Gasteiger partial charge in [-0.3, -0.25) is 0 Å². The van der Waals surface area contributed by atoms with Gasteiger partial charge in [-0.1, -0.05) is 6.92 Å². The summed E-state index contributed by atoms with van der Waals surface area (Å²) in [4.78, 5) is 30.3. The van der Waals surface area contributed by atoms with Crippen molar-refractivity contribution in [1.29, 1.82) is 0 Å². The van der Waals surface area contributed by atoms with E-state index in [2.05, 4.69) is 21.9 Å². The summed E-state index contributed by atoms with van der Waals surface area (Å²) in [5.74, 6) is 1.33. The second-order valence-corrected chi connectivity index (χ2v) is 7.22. The van der Waals surface area contributed by atoms with Gasteiger partial charge in [0.2, 0.25) is 0 Å². The number of nitrogens with zero attached hydrogens (tertiary/aromatic N) is 5. The number of hydrogen-bond acceptors (Lipinski definition) is 6. The average molecular weight is 340 g/mol. The lowest BCUT2D eigenvalue weighted by Gasteiger charge is -2.07. The first-order chi connectivity index (χ1) is 11.5. The number of hydrogen-bond donors (Lipinski definition) is 1. The molecule has 2 N–H and O–H groups in total. The van der Waals surface area contributed by atoms with Crippen LogP contribution in [0.1, 0.15) is 31.3 Å². The second-order valence-electron chi connectivity index (χ2n) is 6.22. The highest BCUT2D eigenvalue weighted by atomic mass is 32.1. The molecule has 0 spiro atoms. The normalized spacial score (nSPS) is 15.4.